The standard InChI is InChI=1S/C32H17N3S/c33-18-20-9-11-31-27(15-20)28-17-22(10-12-32(28)36-31)23-13-21(19-34)14-24(16-23)35-29-7-3-1-5-25(29)26-6-2-4-8-30(26)35/h1-17H. The van der Waals surface area contributed by atoms with Gasteiger partial charge in [-0.05, 0) is 71.8 Å². The summed E-state index contributed by atoms with van der Waals surface area (Å²) in [5.41, 5.74) is 6.50. The second-order valence-electron chi connectivity index (χ2n) is 8.89. The van der Waals surface area contributed by atoms with Crippen molar-refractivity contribution in [2.24, 2.45) is 0 Å². The highest BCUT2D eigenvalue weighted by Gasteiger charge is 2.14. The summed E-state index contributed by atoms with van der Waals surface area (Å²) in [6.45, 7) is 0. The summed E-state index contributed by atoms with van der Waals surface area (Å²) in [4.78, 5) is 0. The summed E-state index contributed by atoms with van der Waals surface area (Å²) in [6, 6.07) is 39.8. The number of thiophene rings is 1. The van der Waals surface area contributed by atoms with Crippen molar-refractivity contribution in [2.75, 3.05) is 0 Å². The second-order valence-corrected chi connectivity index (χ2v) is 9.97. The van der Waals surface area contributed by atoms with E-state index in [1.165, 1.54) is 15.5 Å². The van der Waals surface area contributed by atoms with Gasteiger partial charge in [-0.1, -0.05) is 42.5 Å². The molecule has 0 aliphatic heterocycles. The van der Waals surface area contributed by atoms with Gasteiger partial charge in [-0.2, -0.15) is 10.5 Å². The van der Waals surface area contributed by atoms with E-state index in [0.29, 0.717) is 11.1 Å². The zero-order chi connectivity index (χ0) is 24.2. The van der Waals surface area contributed by atoms with Crippen molar-refractivity contribution >= 4 is 53.3 Å². The first-order chi connectivity index (χ1) is 17.7. The Morgan fingerprint density at radius 1 is 0.528 bits per heavy atom. The molecule has 0 aliphatic rings. The zero-order valence-electron chi connectivity index (χ0n) is 19.1. The summed E-state index contributed by atoms with van der Waals surface area (Å²) in [7, 11) is 0. The predicted octanol–water partition coefficient (Wildman–Crippen LogP) is 8.56. The molecule has 4 heteroatoms. The average molecular weight is 476 g/mol. The molecule has 36 heavy (non-hydrogen) atoms. The maximum Gasteiger partial charge on any atom is 0.0992 e. The van der Waals surface area contributed by atoms with Gasteiger partial charge in [-0.25, -0.2) is 0 Å². The molecule has 2 heterocycles. The molecule has 0 unspecified atom stereocenters. The van der Waals surface area contributed by atoms with Gasteiger partial charge in [0.05, 0.1) is 34.3 Å². The Morgan fingerprint density at radius 3 is 1.86 bits per heavy atom. The van der Waals surface area contributed by atoms with Crippen molar-refractivity contribution in [1.82, 2.24) is 4.57 Å². The number of aromatic nitrogens is 1. The molecule has 0 bridgehead atoms. The van der Waals surface area contributed by atoms with Crippen LogP contribution in [-0.2, 0) is 0 Å². The molecule has 0 saturated heterocycles. The Labute approximate surface area is 211 Å². The normalized spacial score (nSPS) is 11.3. The molecule has 0 N–H and O–H groups in total. The number of fused-ring (bicyclic) bond motifs is 6. The van der Waals surface area contributed by atoms with Gasteiger partial charge in [0.2, 0.25) is 0 Å². The summed E-state index contributed by atoms with van der Waals surface area (Å²) in [5.74, 6) is 0. The van der Waals surface area contributed by atoms with Crippen LogP contribution in [0.2, 0.25) is 0 Å². The number of rotatable bonds is 2. The van der Waals surface area contributed by atoms with E-state index in [-0.39, 0.29) is 0 Å². The summed E-state index contributed by atoms with van der Waals surface area (Å²) >= 11 is 1.73. The highest BCUT2D eigenvalue weighted by atomic mass is 32.1. The number of nitrogens with zero attached hydrogens (tertiary/aromatic N) is 3. The molecule has 0 radical (unpaired) electrons. The van der Waals surface area contributed by atoms with Crippen LogP contribution in [0.4, 0.5) is 0 Å². The molecule has 2 aromatic heterocycles. The largest absolute Gasteiger partial charge is 0.309 e. The maximum absolute atomic E-state index is 9.91. The first-order valence-corrected chi connectivity index (χ1v) is 12.5. The fourth-order valence-corrected chi connectivity index (χ4v) is 6.27. The van der Waals surface area contributed by atoms with Crippen LogP contribution in [0.3, 0.4) is 0 Å². The maximum atomic E-state index is 9.91. The van der Waals surface area contributed by atoms with Gasteiger partial charge in [0, 0.05) is 36.6 Å². The van der Waals surface area contributed by atoms with Crippen molar-refractivity contribution < 1.29 is 0 Å². The van der Waals surface area contributed by atoms with Crippen molar-refractivity contribution in [1.29, 1.82) is 10.5 Å². The van der Waals surface area contributed by atoms with E-state index in [1.807, 2.05) is 30.3 Å². The van der Waals surface area contributed by atoms with Crippen LogP contribution in [0.25, 0.3) is 58.8 Å². The minimum atomic E-state index is 0.617. The monoisotopic (exact) mass is 475 g/mol. The molecule has 0 amide bonds. The highest BCUT2D eigenvalue weighted by molar-refractivity contribution is 7.25. The lowest BCUT2D eigenvalue weighted by molar-refractivity contribution is 1.18. The molecule has 0 atom stereocenters. The van der Waals surface area contributed by atoms with E-state index >= 15 is 0 Å². The number of hydrogen-bond donors (Lipinski definition) is 0. The fraction of sp³-hybridized carbons (Fsp3) is 0. The van der Waals surface area contributed by atoms with E-state index in [9.17, 15) is 10.5 Å². The lowest BCUT2D eigenvalue weighted by Gasteiger charge is -2.11. The Morgan fingerprint density at radius 2 is 1.17 bits per heavy atom. The fourth-order valence-electron chi connectivity index (χ4n) is 5.20. The number of para-hydroxylation sites is 2. The number of benzene rings is 5. The van der Waals surface area contributed by atoms with Crippen LogP contribution in [0.5, 0.6) is 0 Å². The third kappa shape index (κ3) is 3.03. The summed E-state index contributed by atoms with van der Waals surface area (Å²) in [6.07, 6.45) is 0. The van der Waals surface area contributed by atoms with E-state index in [0.717, 1.165) is 43.3 Å². The first-order valence-electron chi connectivity index (χ1n) is 11.6. The van der Waals surface area contributed by atoms with Crippen molar-refractivity contribution in [3.8, 4) is 29.0 Å². The third-order valence-corrected chi connectivity index (χ3v) is 7.97. The molecule has 0 spiro atoms. The molecule has 5 aromatic carbocycles. The third-order valence-electron chi connectivity index (χ3n) is 6.82. The molecular formula is C32H17N3S. The Hall–Kier alpha value is -4.90. The van der Waals surface area contributed by atoms with Gasteiger partial charge in [-0.15, -0.1) is 11.3 Å². The Bertz CT molecular complexity index is 2030. The molecule has 0 saturated carbocycles. The second kappa shape index (κ2) is 7.82. The van der Waals surface area contributed by atoms with Crippen LogP contribution in [0.1, 0.15) is 11.1 Å². The molecule has 7 aromatic rings. The number of nitriles is 2. The molecule has 0 fully saturated rings. The van der Waals surface area contributed by atoms with E-state index in [1.54, 1.807) is 11.3 Å². The smallest absolute Gasteiger partial charge is 0.0992 e. The lowest BCUT2D eigenvalue weighted by atomic mass is 10.00. The highest BCUT2D eigenvalue weighted by Crippen LogP contribution is 2.38. The zero-order valence-corrected chi connectivity index (χ0v) is 19.9. The van der Waals surface area contributed by atoms with Gasteiger partial charge in [0.25, 0.3) is 0 Å². The number of hydrogen-bond acceptors (Lipinski definition) is 3. The van der Waals surface area contributed by atoms with Crippen molar-refractivity contribution in [3.05, 3.63) is 114 Å². The average Bonchev–Trinajstić information content (AvgIpc) is 3.47. The molecule has 7 rings (SSSR count). The van der Waals surface area contributed by atoms with Gasteiger partial charge < -0.3 is 4.57 Å². The van der Waals surface area contributed by atoms with Gasteiger partial charge >= 0.3 is 0 Å². The van der Waals surface area contributed by atoms with Crippen LogP contribution in [-0.4, -0.2) is 4.57 Å². The topological polar surface area (TPSA) is 52.5 Å². The Balaban J connectivity index is 1.49. The minimum absolute atomic E-state index is 0.617. The van der Waals surface area contributed by atoms with E-state index < -0.39 is 0 Å². The minimum Gasteiger partial charge on any atom is -0.309 e. The summed E-state index contributed by atoms with van der Waals surface area (Å²) in [5, 5.41) is 23.9. The van der Waals surface area contributed by atoms with Crippen LogP contribution in [0, 0.1) is 22.7 Å². The SMILES string of the molecule is N#Cc1cc(-c2ccc3sc4ccc(C#N)cc4c3c2)cc(-n2c3ccccc3c3ccccc32)c1. The van der Waals surface area contributed by atoms with Crippen LogP contribution >= 0.6 is 11.3 Å². The predicted molar refractivity (Wildman–Crippen MR) is 149 cm³/mol. The molecule has 166 valence electrons. The van der Waals surface area contributed by atoms with Gasteiger partial charge in [0.15, 0.2) is 0 Å². The van der Waals surface area contributed by atoms with Crippen molar-refractivity contribution in [3.63, 3.8) is 0 Å². The Kier molecular flexibility index (Phi) is 4.45. The quantitative estimate of drug-likeness (QED) is 0.251. The van der Waals surface area contributed by atoms with E-state index in [2.05, 4.69) is 89.5 Å². The van der Waals surface area contributed by atoms with Crippen LogP contribution in [0.15, 0.2) is 103 Å². The van der Waals surface area contributed by atoms with Gasteiger partial charge in [-0.3, -0.25) is 0 Å². The molecular weight excluding hydrogens is 458 g/mol. The lowest BCUT2D eigenvalue weighted by Crippen LogP contribution is -1.95. The first kappa shape index (κ1) is 20.5. The van der Waals surface area contributed by atoms with E-state index in [4.69, 9.17) is 0 Å². The van der Waals surface area contributed by atoms with Crippen LogP contribution < -0.4 is 0 Å². The molecule has 0 aliphatic carbocycles. The molecule has 3 nitrogen and oxygen atoms in total. The van der Waals surface area contributed by atoms with Gasteiger partial charge in [0.1, 0.15) is 0 Å². The summed E-state index contributed by atoms with van der Waals surface area (Å²) < 4.78 is 4.59. The van der Waals surface area contributed by atoms with Crippen molar-refractivity contribution in [2.45, 2.75) is 0 Å².